The van der Waals surface area contributed by atoms with Gasteiger partial charge in [-0.1, -0.05) is 0 Å². The van der Waals surface area contributed by atoms with Crippen molar-refractivity contribution >= 4 is 43.2 Å². The first-order valence-electron chi connectivity index (χ1n) is 4.13. The summed E-state index contributed by atoms with van der Waals surface area (Å²) in [4.78, 5) is 0. The van der Waals surface area contributed by atoms with Crippen molar-refractivity contribution in [2.75, 3.05) is 7.05 Å². The Morgan fingerprint density at radius 2 is 2.27 bits per heavy atom. The third-order valence-electron chi connectivity index (χ3n) is 1.68. The topological polar surface area (TPSA) is 51.0 Å². The molecule has 2 rings (SSSR count). The quantitative estimate of drug-likeness (QED) is 0.922. The number of thiophene rings is 1. The smallest absolute Gasteiger partial charge is 0.249 e. The molecular formula is C8H7Br2N3OS. The lowest BCUT2D eigenvalue weighted by Crippen LogP contribution is -2.04. The van der Waals surface area contributed by atoms with Crippen LogP contribution in [0.15, 0.2) is 18.1 Å². The molecule has 0 amide bonds. The number of rotatable bonds is 3. The van der Waals surface area contributed by atoms with Gasteiger partial charge in [0.2, 0.25) is 11.8 Å². The Balaban J connectivity index is 2.32. The summed E-state index contributed by atoms with van der Waals surface area (Å²) in [7, 11) is 1.83. The van der Waals surface area contributed by atoms with Crippen molar-refractivity contribution in [1.29, 1.82) is 0 Å². The fourth-order valence-corrected chi connectivity index (χ4v) is 3.85. The summed E-state index contributed by atoms with van der Waals surface area (Å²) in [6.07, 6.45) is 0. The molecule has 2 aromatic rings. The molecule has 0 aliphatic carbocycles. The van der Waals surface area contributed by atoms with Crippen molar-refractivity contribution < 1.29 is 4.42 Å². The van der Waals surface area contributed by atoms with E-state index in [9.17, 15) is 0 Å². The van der Waals surface area contributed by atoms with Gasteiger partial charge in [0.15, 0.2) is 0 Å². The molecule has 0 atom stereocenters. The van der Waals surface area contributed by atoms with Crippen LogP contribution in [0.2, 0.25) is 0 Å². The Morgan fingerprint density at radius 3 is 2.87 bits per heavy atom. The van der Waals surface area contributed by atoms with Crippen molar-refractivity contribution in [2.45, 2.75) is 6.54 Å². The van der Waals surface area contributed by atoms with Crippen LogP contribution in [0.1, 0.15) is 5.89 Å². The van der Waals surface area contributed by atoms with Gasteiger partial charge >= 0.3 is 0 Å². The predicted molar refractivity (Wildman–Crippen MR) is 65.8 cm³/mol. The van der Waals surface area contributed by atoms with E-state index in [2.05, 4.69) is 47.4 Å². The van der Waals surface area contributed by atoms with Crippen LogP contribution in [0, 0.1) is 0 Å². The number of hydrogen-bond donors (Lipinski definition) is 1. The SMILES string of the molecule is CNCc1nnc(-c2cc(Br)sc2Br)o1. The van der Waals surface area contributed by atoms with E-state index in [1.165, 1.54) is 0 Å². The van der Waals surface area contributed by atoms with E-state index in [0.717, 1.165) is 13.1 Å². The molecule has 0 saturated carbocycles. The Bertz CT molecular complexity index is 468. The normalized spacial score (nSPS) is 10.9. The summed E-state index contributed by atoms with van der Waals surface area (Å²) < 4.78 is 7.48. The molecule has 2 heterocycles. The van der Waals surface area contributed by atoms with Crippen molar-refractivity contribution in [3.8, 4) is 11.5 Å². The van der Waals surface area contributed by atoms with E-state index in [0.29, 0.717) is 18.3 Å². The standard InChI is InChI=1S/C8H7Br2N3OS/c1-11-3-6-12-13-8(14-6)4-2-5(9)15-7(4)10/h2,11H,3H2,1H3. The maximum absolute atomic E-state index is 5.48. The van der Waals surface area contributed by atoms with Gasteiger partial charge in [-0.2, -0.15) is 0 Å². The number of nitrogens with one attached hydrogen (secondary N) is 1. The molecule has 0 aliphatic heterocycles. The highest BCUT2D eigenvalue weighted by molar-refractivity contribution is 9.12. The van der Waals surface area contributed by atoms with Crippen molar-refractivity contribution in [3.63, 3.8) is 0 Å². The van der Waals surface area contributed by atoms with Gasteiger partial charge in [0.05, 0.1) is 19.7 Å². The zero-order valence-corrected chi connectivity index (χ0v) is 11.7. The summed E-state index contributed by atoms with van der Waals surface area (Å²) >= 11 is 8.43. The van der Waals surface area contributed by atoms with Gasteiger partial charge < -0.3 is 9.73 Å². The third kappa shape index (κ3) is 2.47. The van der Waals surface area contributed by atoms with E-state index in [-0.39, 0.29) is 0 Å². The molecule has 1 N–H and O–H groups in total. The van der Waals surface area contributed by atoms with Gasteiger partial charge in [-0.25, -0.2) is 0 Å². The Hall–Kier alpha value is -0.240. The molecule has 0 radical (unpaired) electrons. The predicted octanol–water partition coefficient (Wildman–Crippen LogP) is 3.04. The largest absolute Gasteiger partial charge is 0.419 e. The van der Waals surface area contributed by atoms with Crippen LogP contribution in [0.5, 0.6) is 0 Å². The first-order valence-corrected chi connectivity index (χ1v) is 6.53. The second kappa shape index (κ2) is 4.73. The number of nitrogens with zero attached hydrogens (tertiary/aromatic N) is 2. The maximum Gasteiger partial charge on any atom is 0.249 e. The molecule has 7 heteroatoms. The lowest BCUT2D eigenvalue weighted by molar-refractivity contribution is 0.490. The molecular weight excluding hydrogens is 346 g/mol. The van der Waals surface area contributed by atoms with Crippen LogP contribution < -0.4 is 5.32 Å². The van der Waals surface area contributed by atoms with Crippen LogP contribution in [0.25, 0.3) is 11.5 Å². The molecule has 0 aliphatic rings. The third-order valence-corrected chi connectivity index (χ3v) is 4.02. The van der Waals surface area contributed by atoms with Crippen molar-refractivity contribution in [1.82, 2.24) is 15.5 Å². The minimum Gasteiger partial charge on any atom is -0.419 e. The van der Waals surface area contributed by atoms with Crippen molar-refractivity contribution in [2.24, 2.45) is 0 Å². The summed E-state index contributed by atoms with van der Waals surface area (Å²) in [6.45, 7) is 0.579. The summed E-state index contributed by atoms with van der Waals surface area (Å²) in [5.41, 5.74) is 0.918. The summed E-state index contributed by atoms with van der Waals surface area (Å²) in [6, 6.07) is 1.95. The van der Waals surface area contributed by atoms with Gasteiger partial charge in [0.1, 0.15) is 0 Å². The first-order chi connectivity index (χ1) is 7.20. The highest BCUT2D eigenvalue weighted by Gasteiger charge is 2.14. The maximum atomic E-state index is 5.48. The average molecular weight is 353 g/mol. The Labute approximate surface area is 107 Å². The van der Waals surface area contributed by atoms with E-state index in [4.69, 9.17) is 4.42 Å². The Kier molecular flexibility index (Phi) is 3.55. The van der Waals surface area contributed by atoms with E-state index in [1.54, 1.807) is 11.3 Å². The van der Waals surface area contributed by atoms with Gasteiger partial charge in [0.25, 0.3) is 0 Å². The van der Waals surface area contributed by atoms with Gasteiger partial charge in [0, 0.05) is 0 Å². The summed E-state index contributed by atoms with van der Waals surface area (Å²) in [5, 5.41) is 10.9. The average Bonchev–Trinajstić information content (AvgIpc) is 2.73. The minimum atomic E-state index is 0.536. The van der Waals surface area contributed by atoms with Crippen LogP contribution in [-0.2, 0) is 6.54 Å². The monoisotopic (exact) mass is 351 g/mol. The zero-order valence-electron chi connectivity index (χ0n) is 7.75. The van der Waals surface area contributed by atoms with Crippen LogP contribution in [0.3, 0.4) is 0 Å². The highest BCUT2D eigenvalue weighted by Crippen LogP contribution is 2.37. The second-order valence-corrected chi connectivity index (χ2v) is 6.52. The minimum absolute atomic E-state index is 0.536. The second-order valence-electron chi connectivity index (χ2n) is 2.77. The van der Waals surface area contributed by atoms with Crippen LogP contribution >= 0.6 is 43.2 Å². The molecule has 0 aromatic carbocycles. The van der Waals surface area contributed by atoms with E-state index >= 15 is 0 Å². The molecule has 0 fully saturated rings. The lowest BCUT2D eigenvalue weighted by Gasteiger charge is -1.90. The Morgan fingerprint density at radius 1 is 1.47 bits per heavy atom. The molecule has 0 spiro atoms. The van der Waals surface area contributed by atoms with Gasteiger partial charge in [-0.15, -0.1) is 21.5 Å². The number of hydrogen-bond acceptors (Lipinski definition) is 5. The van der Waals surface area contributed by atoms with E-state index < -0.39 is 0 Å². The first kappa shape index (κ1) is 11.3. The number of halogens is 2. The number of aromatic nitrogens is 2. The van der Waals surface area contributed by atoms with E-state index in [1.807, 2.05) is 13.1 Å². The highest BCUT2D eigenvalue weighted by atomic mass is 79.9. The van der Waals surface area contributed by atoms with Crippen LogP contribution in [0.4, 0.5) is 0 Å². The molecule has 4 nitrogen and oxygen atoms in total. The van der Waals surface area contributed by atoms with Crippen molar-refractivity contribution in [3.05, 3.63) is 19.5 Å². The summed E-state index contributed by atoms with van der Waals surface area (Å²) in [5.74, 6) is 1.12. The lowest BCUT2D eigenvalue weighted by atomic mass is 10.3. The molecule has 2 aromatic heterocycles. The van der Waals surface area contributed by atoms with Crippen LogP contribution in [-0.4, -0.2) is 17.2 Å². The van der Waals surface area contributed by atoms with Gasteiger partial charge in [-0.3, -0.25) is 0 Å². The molecule has 15 heavy (non-hydrogen) atoms. The molecule has 0 saturated heterocycles. The molecule has 80 valence electrons. The molecule has 0 unspecified atom stereocenters. The molecule has 0 bridgehead atoms. The fourth-order valence-electron chi connectivity index (χ4n) is 1.07. The van der Waals surface area contributed by atoms with Gasteiger partial charge in [-0.05, 0) is 45.0 Å². The fraction of sp³-hybridized carbons (Fsp3) is 0.250. The zero-order chi connectivity index (χ0) is 10.8.